The molecule has 0 aromatic carbocycles. The first kappa shape index (κ1) is 15.9. The lowest BCUT2D eigenvalue weighted by molar-refractivity contribution is -0.0926. The molecule has 1 unspecified atom stereocenters. The van der Waals surface area contributed by atoms with Gasteiger partial charge in [0.15, 0.2) is 4.60 Å². The number of hydrogen-bond acceptors (Lipinski definition) is 4. The second-order valence-corrected chi connectivity index (χ2v) is 6.19. The lowest BCUT2D eigenvalue weighted by Crippen LogP contribution is -2.48. The monoisotopic (exact) mass is 344 g/mol. The number of rotatable bonds is 6. The first-order valence-electron chi connectivity index (χ1n) is 7.57. The van der Waals surface area contributed by atoms with Gasteiger partial charge in [0, 0.05) is 13.7 Å². The Morgan fingerprint density at radius 3 is 2.55 bits per heavy atom. The van der Waals surface area contributed by atoms with Gasteiger partial charge in [-0.3, -0.25) is 0 Å². The molecule has 6 heteroatoms. The van der Waals surface area contributed by atoms with Crippen LogP contribution >= 0.6 is 15.9 Å². The van der Waals surface area contributed by atoms with E-state index in [-0.39, 0.29) is 11.6 Å². The highest BCUT2D eigenvalue weighted by Crippen LogP contribution is 2.42. The normalized spacial score (nSPS) is 20.0. The van der Waals surface area contributed by atoms with Crippen LogP contribution in [-0.4, -0.2) is 33.7 Å². The van der Waals surface area contributed by atoms with Crippen molar-refractivity contribution in [3.8, 4) is 0 Å². The number of ether oxygens (including phenoxy) is 1. The first-order valence-corrected chi connectivity index (χ1v) is 8.36. The number of aryl methyl sites for hydroxylation is 1. The molecule has 1 heterocycles. The Kier molecular flexibility index (Phi) is 5.57. The molecular weight excluding hydrogens is 320 g/mol. The molecule has 114 valence electrons. The third-order valence-corrected chi connectivity index (χ3v) is 4.73. The highest BCUT2D eigenvalue weighted by Gasteiger charge is 2.43. The summed E-state index contributed by atoms with van der Waals surface area (Å²) in [5, 5.41) is 11.9. The number of nitrogens with one attached hydrogen (secondary N) is 1. The van der Waals surface area contributed by atoms with Gasteiger partial charge in [0.05, 0.1) is 17.3 Å². The smallest absolute Gasteiger partial charge is 0.153 e. The van der Waals surface area contributed by atoms with Gasteiger partial charge in [-0.05, 0) is 42.2 Å². The summed E-state index contributed by atoms with van der Waals surface area (Å²) in [5.74, 6) is 0. The molecule has 20 heavy (non-hydrogen) atoms. The van der Waals surface area contributed by atoms with E-state index in [9.17, 15) is 0 Å². The highest BCUT2D eigenvalue weighted by atomic mass is 79.9. The zero-order valence-corrected chi connectivity index (χ0v) is 14.2. The fraction of sp³-hybridized carbons (Fsp3) is 0.857. The quantitative estimate of drug-likeness (QED) is 0.861. The summed E-state index contributed by atoms with van der Waals surface area (Å²) >= 11 is 3.54. The molecule has 0 spiro atoms. The third kappa shape index (κ3) is 3.07. The summed E-state index contributed by atoms with van der Waals surface area (Å²) in [6.45, 7) is 5.85. The van der Waals surface area contributed by atoms with Crippen molar-refractivity contribution in [3.05, 3.63) is 10.3 Å². The van der Waals surface area contributed by atoms with Crippen LogP contribution in [-0.2, 0) is 11.8 Å². The van der Waals surface area contributed by atoms with Crippen LogP contribution in [0.5, 0.6) is 0 Å². The van der Waals surface area contributed by atoms with Gasteiger partial charge in [-0.1, -0.05) is 31.4 Å². The van der Waals surface area contributed by atoms with E-state index < -0.39 is 0 Å². The molecule has 1 aliphatic carbocycles. The zero-order chi connectivity index (χ0) is 14.6. The second kappa shape index (κ2) is 7.00. The van der Waals surface area contributed by atoms with Crippen LogP contribution < -0.4 is 5.32 Å². The maximum absolute atomic E-state index is 6.27. The van der Waals surface area contributed by atoms with E-state index in [1.165, 1.54) is 19.3 Å². The van der Waals surface area contributed by atoms with Crippen molar-refractivity contribution in [3.63, 3.8) is 0 Å². The molecule has 1 N–H and O–H groups in total. The van der Waals surface area contributed by atoms with E-state index in [1.807, 2.05) is 11.7 Å². The Morgan fingerprint density at radius 2 is 2.05 bits per heavy atom. The average molecular weight is 345 g/mol. The summed E-state index contributed by atoms with van der Waals surface area (Å²) in [6, 6.07) is 0.127. The van der Waals surface area contributed by atoms with Gasteiger partial charge in [-0.2, -0.15) is 0 Å². The van der Waals surface area contributed by atoms with Gasteiger partial charge in [-0.15, -0.1) is 5.10 Å². The fourth-order valence-corrected chi connectivity index (χ4v) is 3.89. The minimum absolute atomic E-state index is 0.127. The van der Waals surface area contributed by atoms with Crippen LogP contribution in [0.3, 0.4) is 0 Å². The molecule has 1 aromatic rings. The molecule has 1 aliphatic rings. The molecule has 0 aliphatic heterocycles. The van der Waals surface area contributed by atoms with Crippen molar-refractivity contribution < 1.29 is 4.74 Å². The Balaban J connectivity index is 2.38. The summed E-state index contributed by atoms with van der Waals surface area (Å²) in [6.07, 6.45) is 5.94. The van der Waals surface area contributed by atoms with Crippen molar-refractivity contribution in [1.29, 1.82) is 0 Å². The fourth-order valence-electron chi connectivity index (χ4n) is 3.34. The van der Waals surface area contributed by atoms with Gasteiger partial charge in [0.2, 0.25) is 0 Å². The van der Waals surface area contributed by atoms with Crippen LogP contribution in [0.1, 0.15) is 57.7 Å². The summed E-state index contributed by atoms with van der Waals surface area (Å²) in [5.41, 5.74) is 0.947. The Hall–Kier alpha value is -0.460. The van der Waals surface area contributed by atoms with Crippen LogP contribution in [0.2, 0.25) is 0 Å². The van der Waals surface area contributed by atoms with Crippen LogP contribution in [0.25, 0.3) is 0 Å². The van der Waals surface area contributed by atoms with E-state index in [2.05, 4.69) is 45.4 Å². The van der Waals surface area contributed by atoms with E-state index in [4.69, 9.17) is 4.74 Å². The predicted molar refractivity (Wildman–Crippen MR) is 82.6 cm³/mol. The van der Waals surface area contributed by atoms with Gasteiger partial charge in [0.1, 0.15) is 0 Å². The Labute approximate surface area is 129 Å². The average Bonchev–Trinajstić information content (AvgIpc) is 2.77. The Morgan fingerprint density at radius 1 is 1.35 bits per heavy atom. The van der Waals surface area contributed by atoms with Crippen LogP contribution in [0.15, 0.2) is 4.60 Å². The lowest BCUT2D eigenvalue weighted by Gasteiger charge is -2.43. The largest absolute Gasteiger partial charge is 0.373 e. The number of nitrogens with zero attached hydrogens (tertiary/aromatic N) is 3. The topological polar surface area (TPSA) is 52.0 Å². The van der Waals surface area contributed by atoms with E-state index in [0.29, 0.717) is 0 Å². The van der Waals surface area contributed by atoms with Crippen molar-refractivity contribution in [1.82, 2.24) is 20.3 Å². The van der Waals surface area contributed by atoms with E-state index >= 15 is 0 Å². The third-order valence-electron chi connectivity index (χ3n) is 4.17. The summed E-state index contributed by atoms with van der Waals surface area (Å²) < 4.78 is 8.94. The zero-order valence-electron chi connectivity index (χ0n) is 12.7. The Bertz CT molecular complexity index is 404. The molecule has 1 fully saturated rings. The van der Waals surface area contributed by atoms with Crippen LogP contribution in [0.4, 0.5) is 0 Å². The molecule has 1 aromatic heterocycles. The molecule has 1 saturated carbocycles. The molecule has 1 atom stereocenters. The van der Waals surface area contributed by atoms with Crippen molar-refractivity contribution >= 4 is 15.9 Å². The minimum Gasteiger partial charge on any atom is -0.373 e. The van der Waals surface area contributed by atoms with Crippen molar-refractivity contribution in [2.75, 3.05) is 13.2 Å². The first-order chi connectivity index (χ1) is 9.64. The van der Waals surface area contributed by atoms with Gasteiger partial charge >= 0.3 is 0 Å². The van der Waals surface area contributed by atoms with Crippen molar-refractivity contribution in [2.45, 2.75) is 57.6 Å². The summed E-state index contributed by atoms with van der Waals surface area (Å²) in [4.78, 5) is 0. The number of aromatic nitrogens is 3. The molecule has 2 rings (SSSR count). The predicted octanol–water partition coefficient (Wildman–Crippen LogP) is 2.97. The SMILES string of the molecule is CCNC(c1c(Br)nnn1C)C1(OCC)CCCCC1. The van der Waals surface area contributed by atoms with E-state index in [1.54, 1.807) is 0 Å². The number of likely N-dealkylation sites (N-methyl/N-ethyl adjacent to an activating group) is 1. The van der Waals surface area contributed by atoms with Gasteiger partial charge in [-0.25, -0.2) is 4.68 Å². The van der Waals surface area contributed by atoms with Crippen LogP contribution in [0, 0.1) is 0 Å². The summed E-state index contributed by atoms with van der Waals surface area (Å²) in [7, 11) is 1.94. The maximum Gasteiger partial charge on any atom is 0.153 e. The highest BCUT2D eigenvalue weighted by molar-refractivity contribution is 9.10. The lowest BCUT2D eigenvalue weighted by atomic mass is 9.78. The number of hydrogen-bond donors (Lipinski definition) is 1. The molecule has 0 amide bonds. The molecule has 0 saturated heterocycles. The molecule has 5 nitrogen and oxygen atoms in total. The standard InChI is InChI=1S/C14H25BrN4O/c1-4-16-12(11-13(15)17-18-19(11)3)14(20-5-2)9-7-6-8-10-14/h12,16H,4-10H2,1-3H3. The molecule has 0 bridgehead atoms. The number of halogens is 1. The van der Waals surface area contributed by atoms with E-state index in [0.717, 1.165) is 36.3 Å². The molecule has 0 radical (unpaired) electrons. The molecular formula is C14H25BrN4O. The van der Waals surface area contributed by atoms with Crippen molar-refractivity contribution in [2.24, 2.45) is 7.05 Å². The van der Waals surface area contributed by atoms with Gasteiger partial charge < -0.3 is 10.1 Å². The second-order valence-electron chi connectivity index (χ2n) is 5.44. The minimum atomic E-state index is -0.138. The maximum atomic E-state index is 6.27. The van der Waals surface area contributed by atoms with Gasteiger partial charge in [0.25, 0.3) is 0 Å².